The molecule has 0 bridgehead atoms. The van der Waals surface area contributed by atoms with Gasteiger partial charge >= 0.3 is 8.56 Å². The predicted molar refractivity (Wildman–Crippen MR) is 131 cm³/mol. The van der Waals surface area contributed by atoms with E-state index >= 15 is 0 Å². The van der Waals surface area contributed by atoms with Crippen LogP contribution in [0.3, 0.4) is 0 Å². The van der Waals surface area contributed by atoms with E-state index in [0.717, 1.165) is 29.0 Å². The van der Waals surface area contributed by atoms with Crippen molar-refractivity contribution in [3.63, 3.8) is 0 Å². The Balaban J connectivity index is 1.73. The molecule has 156 valence electrons. The quantitative estimate of drug-likeness (QED) is 0.249. The molecule has 4 rings (SSSR count). The van der Waals surface area contributed by atoms with Crippen molar-refractivity contribution in [2.45, 2.75) is 19.8 Å². The summed E-state index contributed by atoms with van der Waals surface area (Å²) in [6, 6.07) is 39.6. The van der Waals surface area contributed by atoms with Gasteiger partial charge in [-0.25, -0.2) is 0 Å². The van der Waals surface area contributed by atoms with E-state index in [-0.39, 0.29) is 0 Å². The fourth-order valence-electron chi connectivity index (χ4n) is 3.67. The Morgan fingerprint density at radius 2 is 1.06 bits per heavy atom. The number of rotatable bonds is 9. The Kier molecular flexibility index (Phi) is 6.98. The van der Waals surface area contributed by atoms with Crippen LogP contribution in [-0.2, 0) is 4.43 Å². The number of unbranched alkanes of at least 4 members (excludes halogenated alkanes) is 1. The van der Waals surface area contributed by atoms with Crippen LogP contribution in [0.2, 0.25) is 0 Å². The minimum atomic E-state index is -2.92. The fraction of sp³-hybridized carbons (Fsp3) is 0.143. The summed E-state index contributed by atoms with van der Waals surface area (Å²) in [5.74, 6) is 0.829. The predicted octanol–water partition coefficient (Wildman–Crippen LogP) is 5.81. The largest absolute Gasteiger partial charge is 0.514 e. The summed E-state index contributed by atoms with van der Waals surface area (Å²) in [7, 11) is -2.92. The van der Waals surface area contributed by atoms with Crippen LogP contribution in [0.4, 0.5) is 0 Å². The summed E-state index contributed by atoms with van der Waals surface area (Å²) < 4.78 is 13.5. The maximum Gasteiger partial charge on any atom is 0.468 e. The lowest BCUT2D eigenvalue weighted by molar-refractivity contribution is 0.255. The molecule has 0 saturated heterocycles. The van der Waals surface area contributed by atoms with E-state index in [1.54, 1.807) is 0 Å². The molecule has 4 aromatic rings. The van der Waals surface area contributed by atoms with E-state index in [1.165, 1.54) is 11.1 Å². The molecular formula is C28H28O2Si. The molecular weight excluding hydrogens is 396 g/mol. The molecule has 31 heavy (non-hydrogen) atoms. The van der Waals surface area contributed by atoms with Gasteiger partial charge in [0.05, 0.1) is 0 Å². The Morgan fingerprint density at radius 1 is 0.581 bits per heavy atom. The molecule has 0 saturated carbocycles. The molecule has 0 spiro atoms. The van der Waals surface area contributed by atoms with Gasteiger partial charge in [-0.3, -0.25) is 0 Å². The highest BCUT2D eigenvalue weighted by Crippen LogP contribution is 2.24. The molecule has 0 aliphatic heterocycles. The van der Waals surface area contributed by atoms with Crippen molar-refractivity contribution < 1.29 is 8.85 Å². The lowest BCUT2D eigenvalue weighted by Crippen LogP contribution is -2.65. The van der Waals surface area contributed by atoms with Crippen molar-refractivity contribution in [2.75, 3.05) is 6.61 Å². The average molecular weight is 425 g/mol. The van der Waals surface area contributed by atoms with Crippen LogP contribution in [0, 0.1) is 0 Å². The van der Waals surface area contributed by atoms with Gasteiger partial charge in [-0.15, -0.1) is 0 Å². The zero-order valence-corrected chi connectivity index (χ0v) is 18.9. The third-order valence-electron chi connectivity index (χ3n) is 5.33. The van der Waals surface area contributed by atoms with Crippen LogP contribution in [-0.4, -0.2) is 15.2 Å². The Labute approximate surface area is 186 Å². The van der Waals surface area contributed by atoms with Crippen molar-refractivity contribution in [1.29, 1.82) is 0 Å². The van der Waals surface area contributed by atoms with Gasteiger partial charge in [-0.1, -0.05) is 116 Å². The van der Waals surface area contributed by atoms with Crippen LogP contribution in [0.1, 0.15) is 19.8 Å². The minimum absolute atomic E-state index is 0.675. The van der Waals surface area contributed by atoms with Gasteiger partial charge in [0.25, 0.3) is 0 Å². The Hall–Kier alpha value is -3.14. The number of hydrogen-bond donors (Lipinski definition) is 0. The van der Waals surface area contributed by atoms with Crippen molar-refractivity contribution in [2.24, 2.45) is 0 Å². The summed E-state index contributed by atoms with van der Waals surface area (Å²) >= 11 is 0. The molecule has 0 aliphatic carbocycles. The van der Waals surface area contributed by atoms with Gasteiger partial charge in [0.2, 0.25) is 0 Å². The first kappa shape index (κ1) is 21.1. The topological polar surface area (TPSA) is 18.5 Å². The highest BCUT2D eigenvalue weighted by atomic mass is 28.4. The van der Waals surface area contributed by atoms with E-state index < -0.39 is 8.56 Å². The highest BCUT2D eigenvalue weighted by Gasteiger charge is 2.45. The molecule has 3 heteroatoms. The molecule has 0 amide bonds. The van der Waals surface area contributed by atoms with Crippen LogP contribution in [0.15, 0.2) is 115 Å². The minimum Gasteiger partial charge on any atom is -0.514 e. The second-order valence-electron chi connectivity index (χ2n) is 7.54. The van der Waals surface area contributed by atoms with Gasteiger partial charge < -0.3 is 8.85 Å². The zero-order valence-electron chi connectivity index (χ0n) is 17.9. The molecule has 0 N–H and O–H groups in total. The van der Waals surface area contributed by atoms with Crippen LogP contribution < -0.4 is 14.8 Å². The molecule has 0 heterocycles. The lowest BCUT2D eigenvalue weighted by Gasteiger charge is -2.32. The average Bonchev–Trinajstić information content (AvgIpc) is 2.85. The first-order valence-corrected chi connectivity index (χ1v) is 12.7. The SMILES string of the molecule is CCCCO[Si](Oc1ccc(-c2ccccc2)cc1)(c1ccccc1)c1ccccc1. The standard InChI is InChI=1S/C28H28O2Si/c1-2-3-23-29-31(27-15-9-5-10-16-27,28-17-11-6-12-18-28)30-26-21-19-25(20-22-26)24-13-7-4-8-14-24/h4-22H,2-3,23H2,1H3. The maximum absolute atomic E-state index is 6.83. The molecule has 0 radical (unpaired) electrons. The molecule has 2 nitrogen and oxygen atoms in total. The smallest absolute Gasteiger partial charge is 0.468 e. The first-order chi connectivity index (χ1) is 15.3. The van der Waals surface area contributed by atoms with Crippen molar-refractivity contribution in [3.8, 4) is 16.9 Å². The Bertz CT molecular complexity index is 1010. The summed E-state index contributed by atoms with van der Waals surface area (Å²) in [4.78, 5) is 0. The van der Waals surface area contributed by atoms with Crippen LogP contribution in [0.25, 0.3) is 11.1 Å². The van der Waals surface area contributed by atoms with Crippen molar-refractivity contribution >= 4 is 18.9 Å². The fourth-order valence-corrected chi connectivity index (χ4v) is 6.79. The van der Waals surface area contributed by atoms with Crippen molar-refractivity contribution in [3.05, 3.63) is 115 Å². The molecule has 4 aromatic carbocycles. The second kappa shape index (κ2) is 10.2. The van der Waals surface area contributed by atoms with Gasteiger partial charge in [0.1, 0.15) is 5.75 Å². The zero-order chi connectivity index (χ0) is 21.4. The van der Waals surface area contributed by atoms with E-state index in [9.17, 15) is 0 Å². The van der Waals surface area contributed by atoms with Gasteiger partial charge in [0.15, 0.2) is 0 Å². The summed E-state index contributed by atoms with van der Waals surface area (Å²) in [5.41, 5.74) is 2.37. The van der Waals surface area contributed by atoms with E-state index in [0.29, 0.717) is 6.61 Å². The number of benzene rings is 4. The van der Waals surface area contributed by atoms with E-state index in [1.807, 2.05) is 18.2 Å². The summed E-state index contributed by atoms with van der Waals surface area (Å²) in [6.07, 6.45) is 2.09. The van der Waals surface area contributed by atoms with Gasteiger partial charge in [-0.2, -0.15) is 0 Å². The maximum atomic E-state index is 6.83. The molecule has 0 aromatic heterocycles. The van der Waals surface area contributed by atoms with E-state index in [4.69, 9.17) is 8.85 Å². The Morgan fingerprint density at radius 3 is 1.58 bits per heavy atom. The first-order valence-electron chi connectivity index (χ1n) is 10.9. The lowest BCUT2D eigenvalue weighted by atomic mass is 10.1. The molecule has 0 fully saturated rings. The highest BCUT2D eigenvalue weighted by molar-refractivity contribution is 6.93. The number of hydrogen-bond acceptors (Lipinski definition) is 2. The van der Waals surface area contributed by atoms with E-state index in [2.05, 4.69) is 104 Å². The van der Waals surface area contributed by atoms with Gasteiger partial charge in [-0.05, 0) is 29.7 Å². The van der Waals surface area contributed by atoms with Gasteiger partial charge in [0, 0.05) is 17.0 Å². The third kappa shape index (κ3) is 4.96. The summed E-state index contributed by atoms with van der Waals surface area (Å²) in [5, 5.41) is 2.23. The molecule has 0 atom stereocenters. The van der Waals surface area contributed by atoms with Crippen LogP contribution >= 0.6 is 0 Å². The van der Waals surface area contributed by atoms with Crippen molar-refractivity contribution in [1.82, 2.24) is 0 Å². The normalized spacial score (nSPS) is 11.3. The summed E-state index contributed by atoms with van der Waals surface area (Å²) in [6.45, 7) is 2.86. The molecule has 0 unspecified atom stereocenters. The second-order valence-corrected chi connectivity index (χ2v) is 10.4. The third-order valence-corrected chi connectivity index (χ3v) is 8.65. The molecule has 0 aliphatic rings. The van der Waals surface area contributed by atoms with Crippen LogP contribution in [0.5, 0.6) is 5.75 Å². The monoisotopic (exact) mass is 424 g/mol.